The number of hydrogen-bond donors (Lipinski definition) is 0. The lowest BCUT2D eigenvalue weighted by Gasteiger charge is -2.35. The van der Waals surface area contributed by atoms with Crippen LogP contribution in [-0.4, -0.2) is 17.5 Å². The lowest BCUT2D eigenvalue weighted by Crippen LogP contribution is -2.39. The van der Waals surface area contributed by atoms with Crippen molar-refractivity contribution >= 4 is 0 Å². The maximum absolute atomic E-state index is 2.59. The number of rotatable bonds is 2. The molecule has 1 aromatic rings. The highest BCUT2D eigenvalue weighted by Crippen LogP contribution is 2.24. The van der Waals surface area contributed by atoms with E-state index in [4.69, 9.17) is 0 Å². The van der Waals surface area contributed by atoms with Crippen molar-refractivity contribution in [1.29, 1.82) is 0 Å². The number of nitrogens with zero attached hydrogens (tertiary/aromatic N) is 1. The third-order valence-corrected chi connectivity index (χ3v) is 3.34. The third kappa shape index (κ3) is 1.69. The minimum absolute atomic E-state index is 0.759. The van der Waals surface area contributed by atoms with Crippen LogP contribution in [0.3, 0.4) is 0 Å². The molecule has 0 spiro atoms. The van der Waals surface area contributed by atoms with Gasteiger partial charge in [-0.15, -0.1) is 0 Å². The van der Waals surface area contributed by atoms with Gasteiger partial charge < -0.3 is 0 Å². The quantitative estimate of drug-likeness (QED) is 0.691. The van der Waals surface area contributed by atoms with Crippen LogP contribution in [0.15, 0.2) is 24.3 Å². The van der Waals surface area contributed by atoms with Crippen molar-refractivity contribution in [3.05, 3.63) is 35.4 Å². The summed E-state index contributed by atoms with van der Waals surface area (Å²) in [4.78, 5) is 2.59. The Labute approximate surface area is 86.7 Å². The number of likely N-dealkylation sites (N-methyl/N-ethyl adjacent to an activating group) is 1. The molecule has 0 saturated heterocycles. The average Bonchev–Trinajstić information content (AvgIpc) is 2.27. The van der Waals surface area contributed by atoms with Crippen molar-refractivity contribution < 1.29 is 0 Å². The molecule has 0 fully saturated rings. The van der Waals surface area contributed by atoms with E-state index in [0.717, 1.165) is 12.6 Å². The predicted octanol–water partition coefficient (Wildman–Crippen LogP) is 2.84. The van der Waals surface area contributed by atoms with Gasteiger partial charge in [-0.3, -0.25) is 4.90 Å². The van der Waals surface area contributed by atoms with E-state index < -0.39 is 0 Å². The van der Waals surface area contributed by atoms with Gasteiger partial charge in [0.15, 0.2) is 0 Å². The van der Waals surface area contributed by atoms with E-state index in [0.29, 0.717) is 0 Å². The van der Waals surface area contributed by atoms with Gasteiger partial charge in [0.1, 0.15) is 0 Å². The first-order chi connectivity index (χ1) is 6.85. The molecule has 1 aromatic carbocycles. The Morgan fingerprint density at radius 1 is 1.21 bits per heavy atom. The molecule has 0 N–H and O–H groups in total. The maximum atomic E-state index is 2.59. The number of fused-ring (bicyclic) bond motifs is 1. The summed E-state index contributed by atoms with van der Waals surface area (Å²) in [6.07, 6.45) is 2.50. The Balaban J connectivity index is 2.25. The summed E-state index contributed by atoms with van der Waals surface area (Å²) in [6.45, 7) is 6.87. The molecule has 1 aliphatic heterocycles. The molecule has 0 radical (unpaired) electrons. The van der Waals surface area contributed by atoms with Crippen LogP contribution in [0.5, 0.6) is 0 Å². The van der Waals surface area contributed by atoms with Crippen LogP contribution < -0.4 is 0 Å². The molecule has 14 heavy (non-hydrogen) atoms. The van der Waals surface area contributed by atoms with Gasteiger partial charge in [-0.25, -0.2) is 0 Å². The van der Waals surface area contributed by atoms with E-state index >= 15 is 0 Å². The molecule has 0 aliphatic carbocycles. The largest absolute Gasteiger partial charge is 0.296 e. The highest BCUT2D eigenvalue weighted by Gasteiger charge is 2.22. The summed E-state index contributed by atoms with van der Waals surface area (Å²) < 4.78 is 0. The van der Waals surface area contributed by atoms with Crippen LogP contribution in [0.2, 0.25) is 0 Å². The number of hydrogen-bond acceptors (Lipinski definition) is 1. The minimum Gasteiger partial charge on any atom is -0.296 e. The molecule has 2 rings (SSSR count). The Kier molecular flexibility index (Phi) is 2.87. The molecular weight excluding hydrogens is 170 g/mol. The second-order valence-electron chi connectivity index (χ2n) is 4.10. The van der Waals surface area contributed by atoms with Crippen LogP contribution in [-0.2, 0) is 13.0 Å². The molecule has 76 valence electrons. The molecule has 1 unspecified atom stereocenters. The molecule has 1 aliphatic rings. The molecule has 0 aromatic heterocycles. The van der Waals surface area contributed by atoms with Crippen LogP contribution in [0.4, 0.5) is 0 Å². The predicted molar refractivity (Wildman–Crippen MR) is 60.3 cm³/mol. The standard InChI is InChI=1S/C13H19N/c1-3-13-9-11-7-5-6-8-12(11)10-14(13)4-2/h5-8,13H,3-4,9-10H2,1-2H3. The first-order valence-electron chi connectivity index (χ1n) is 5.66. The van der Waals surface area contributed by atoms with E-state index in [2.05, 4.69) is 43.0 Å². The van der Waals surface area contributed by atoms with E-state index in [1.165, 1.54) is 24.9 Å². The summed E-state index contributed by atoms with van der Waals surface area (Å²) in [5.74, 6) is 0. The van der Waals surface area contributed by atoms with E-state index in [9.17, 15) is 0 Å². The van der Waals surface area contributed by atoms with Crippen LogP contribution in [0.1, 0.15) is 31.4 Å². The van der Waals surface area contributed by atoms with E-state index in [-0.39, 0.29) is 0 Å². The Bertz CT molecular complexity index is 275. The van der Waals surface area contributed by atoms with E-state index in [1.54, 1.807) is 5.56 Å². The fourth-order valence-electron chi connectivity index (χ4n) is 2.41. The SMILES string of the molecule is CCC1Cc2ccccc2CN1CC. The van der Waals surface area contributed by atoms with Gasteiger partial charge in [-0.1, -0.05) is 38.1 Å². The molecule has 0 saturated carbocycles. The van der Waals surface area contributed by atoms with Crippen molar-refractivity contribution in [3.8, 4) is 0 Å². The molecule has 0 amide bonds. The minimum atomic E-state index is 0.759. The van der Waals surface area contributed by atoms with Gasteiger partial charge in [0, 0.05) is 12.6 Å². The zero-order chi connectivity index (χ0) is 9.97. The fourth-order valence-corrected chi connectivity index (χ4v) is 2.41. The van der Waals surface area contributed by atoms with Crippen molar-refractivity contribution in [1.82, 2.24) is 4.90 Å². The summed E-state index contributed by atoms with van der Waals surface area (Å²) in [6, 6.07) is 9.62. The van der Waals surface area contributed by atoms with Crippen molar-refractivity contribution in [2.45, 2.75) is 39.3 Å². The molecule has 1 atom stereocenters. The summed E-state index contributed by atoms with van der Waals surface area (Å²) in [5.41, 5.74) is 3.09. The zero-order valence-electron chi connectivity index (χ0n) is 9.16. The highest BCUT2D eigenvalue weighted by molar-refractivity contribution is 5.30. The second-order valence-corrected chi connectivity index (χ2v) is 4.10. The molecule has 1 heterocycles. The summed E-state index contributed by atoms with van der Waals surface area (Å²) >= 11 is 0. The zero-order valence-corrected chi connectivity index (χ0v) is 9.16. The van der Waals surface area contributed by atoms with Crippen LogP contribution in [0.25, 0.3) is 0 Å². The van der Waals surface area contributed by atoms with Crippen LogP contribution >= 0.6 is 0 Å². The Hall–Kier alpha value is -0.820. The van der Waals surface area contributed by atoms with Gasteiger partial charge in [-0.2, -0.15) is 0 Å². The molecular formula is C13H19N. The van der Waals surface area contributed by atoms with Crippen molar-refractivity contribution in [2.24, 2.45) is 0 Å². The first-order valence-corrected chi connectivity index (χ1v) is 5.66. The third-order valence-electron chi connectivity index (χ3n) is 3.34. The van der Waals surface area contributed by atoms with Gasteiger partial charge in [0.05, 0.1) is 0 Å². The number of benzene rings is 1. The van der Waals surface area contributed by atoms with E-state index in [1.807, 2.05) is 0 Å². The molecule has 1 nitrogen and oxygen atoms in total. The lowest BCUT2D eigenvalue weighted by atomic mass is 9.93. The Morgan fingerprint density at radius 3 is 2.57 bits per heavy atom. The van der Waals surface area contributed by atoms with Gasteiger partial charge in [0.2, 0.25) is 0 Å². The van der Waals surface area contributed by atoms with Gasteiger partial charge in [0.25, 0.3) is 0 Å². The van der Waals surface area contributed by atoms with Gasteiger partial charge in [-0.05, 0) is 30.5 Å². The topological polar surface area (TPSA) is 3.24 Å². The average molecular weight is 189 g/mol. The fraction of sp³-hybridized carbons (Fsp3) is 0.538. The first kappa shape index (κ1) is 9.72. The van der Waals surface area contributed by atoms with Crippen LogP contribution in [0, 0.1) is 0 Å². The van der Waals surface area contributed by atoms with Crippen molar-refractivity contribution in [2.75, 3.05) is 6.54 Å². The second kappa shape index (κ2) is 4.14. The summed E-state index contributed by atoms with van der Waals surface area (Å²) in [7, 11) is 0. The highest BCUT2D eigenvalue weighted by atomic mass is 15.2. The molecule has 1 heteroatoms. The van der Waals surface area contributed by atoms with Crippen molar-refractivity contribution in [3.63, 3.8) is 0 Å². The maximum Gasteiger partial charge on any atom is 0.0239 e. The normalized spacial score (nSPS) is 22.0. The molecule has 0 bridgehead atoms. The lowest BCUT2D eigenvalue weighted by molar-refractivity contribution is 0.176. The van der Waals surface area contributed by atoms with Gasteiger partial charge >= 0.3 is 0 Å². The Morgan fingerprint density at radius 2 is 1.93 bits per heavy atom. The smallest absolute Gasteiger partial charge is 0.0239 e. The summed E-state index contributed by atoms with van der Waals surface area (Å²) in [5, 5.41) is 0. The monoisotopic (exact) mass is 189 g/mol.